The van der Waals surface area contributed by atoms with Gasteiger partial charge in [-0.3, -0.25) is 4.79 Å². The van der Waals surface area contributed by atoms with E-state index < -0.39 is 0 Å². The summed E-state index contributed by atoms with van der Waals surface area (Å²) >= 11 is 1.63. The number of nitrogens with zero attached hydrogens (tertiary/aromatic N) is 2. The summed E-state index contributed by atoms with van der Waals surface area (Å²) in [4.78, 5) is 20.9. The number of ether oxygens (including phenoxy) is 1. The molecule has 1 unspecified atom stereocenters. The fourth-order valence-corrected chi connectivity index (χ4v) is 5.62. The molecular weight excluding hydrogens is 396 g/mol. The highest BCUT2D eigenvalue weighted by Crippen LogP contribution is 2.32. The third-order valence-electron chi connectivity index (χ3n) is 6.40. The maximum atomic E-state index is 12.7. The normalized spacial score (nSPS) is 28.3. The van der Waals surface area contributed by atoms with Crippen LogP contribution in [0.1, 0.15) is 34.8 Å². The van der Waals surface area contributed by atoms with Gasteiger partial charge in [-0.1, -0.05) is 17.8 Å². The molecular formula is C23H28N4O2S. The van der Waals surface area contributed by atoms with Crippen molar-refractivity contribution in [3.8, 4) is 0 Å². The lowest BCUT2D eigenvalue weighted by Gasteiger charge is -2.44. The van der Waals surface area contributed by atoms with Gasteiger partial charge in [0.25, 0.3) is 5.91 Å². The monoisotopic (exact) mass is 424 g/mol. The molecule has 6 rings (SSSR count). The van der Waals surface area contributed by atoms with Crippen molar-refractivity contribution in [2.45, 2.75) is 34.8 Å². The average molecular weight is 425 g/mol. The van der Waals surface area contributed by atoms with Crippen LogP contribution in [-0.2, 0) is 4.74 Å². The lowest BCUT2D eigenvalue weighted by Crippen LogP contribution is -2.57. The molecule has 0 aliphatic carbocycles. The Morgan fingerprint density at radius 3 is 2.73 bits per heavy atom. The Morgan fingerprint density at radius 2 is 2.03 bits per heavy atom. The van der Waals surface area contributed by atoms with E-state index in [1.807, 2.05) is 36.5 Å². The van der Waals surface area contributed by atoms with E-state index in [0.29, 0.717) is 12.5 Å². The Hall–Kier alpha value is -1.93. The maximum Gasteiger partial charge on any atom is 0.251 e. The molecule has 1 aromatic heterocycles. The first kappa shape index (κ1) is 20.0. The molecule has 158 valence electrons. The second kappa shape index (κ2) is 9.06. The molecule has 4 aliphatic heterocycles. The second-order valence-corrected chi connectivity index (χ2v) is 9.39. The fourth-order valence-electron chi connectivity index (χ4n) is 4.69. The van der Waals surface area contributed by atoms with E-state index in [1.165, 1.54) is 25.9 Å². The SMILES string of the molecule is O=C(N[C@H]1CN2CCC1CC2)c1ccc(Sc2ncccc2C2COCCN2)cc1. The van der Waals surface area contributed by atoms with E-state index in [9.17, 15) is 4.79 Å². The van der Waals surface area contributed by atoms with Gasteiger partial charge < -0.3 is 20.3 Å². The van der Waals surface area contributed by atoms with Crippen LogP contribution >= 0.6 is 11.8 Å². The van der Waals surface area contributed by atoms with Crippen LogP contribution in [0, 0.1) is 5.92 Å². The van der Waals surface area contributed by atoms with E-state index in [1.54, 1.807) is 11.8 Å². The molecule has 2 bridgehead atoms. The number of nitrogens with one attached hydrogen (secondary N) is 2. The zero-order valence-electron chi connectivity index (χ0n) is 17.0. The van der Waals surface area contributed by atoms with Crippen molar-refractivity contribution in [1.29, 1.82) is 0 Å². The first-order valence-corrected chi connectivity index (χ1v) is 11.6. The topological polar surface area (TPSA) is 66.5 Å². The summed E-state index contributed by atoms with van der Waals surface area (Å²) in [5.74, 6) is 0.668. The number of rotatable bonds is 5. The number of benzene rings is 1. The molecule has 6 nitrogen and oxygen atoms in total. The van der Waals surface area contributed by atoms with Crippen molar-refractivity contribution in [2.75, 3.05) is 39.4 Å². The molecule has 2 aromatic rings. The minimum atomic E-state index is 0.0346. The smallest absolute Gasteiger partial charge is 0.251 e. The fraction of sp³-hybridized carbons (Fsp3) is 0.478. The van der Waals surface area contributed by atoms with Gasteiger partial charge >= 0.3 is 0 Å². The number of piperidine rings is 3. The van der Waals surface area contributed by atoms with Gasteiger partial charge in [0.1, 0.15) is 5.03 Å². The lowest BCUT2D eigenvalue weighted by atomic mass is 9.84. The van der Waals surface area contributed by atoms with Gasteiger partial charge in [-0.25, -0.2) is 4.98 Å². The molecule has 2 N–H and O–H groups in total. The third-order valence-corrected chi connectivity index (χ3v) is 7.44. The summed E-state index contributed by atoms with van der Waals surface area (Å²) in [5, 5.41) is 7.74. The number of fused-ring (bicyclic) bond motifs is 3. The molecule has 0 spiro atoms. The summed E-state index contributed by atoms with van der Waals surface area (Å²) in [5.41, 5.74) is 1.88. The van der Waals surface area contributed by atoms with Crippen molar-refractivity contribution in [2.24, 2.45) is 5.92 Å². The van der Waals surface area contributed by atoms with Gasteiger partial charge in [0.15, 0.2) is 0 Å². The number of aromatic nitrogens is 1. The van der Waals surface area contributed by atoms with E-state index in [4.69, 9.17) is 4.74 Å². The van der Waals surface area contributed by atoms with E-state index in [-0.39, 0.29) is 18.0 Å². The number of hydrogen-bond donors (Lipinski definition) is 2. The number of hydrogen-bond acceptors (Lipinski definition) is 6. The number of amides is 1. The quantitative estimate of drug-likeness (QED) is 0.769. The Balaban J connectivity index is 1.24. The largest absolute Gasteiger partial charge is 0.378 e. The van der Waals surface area contributed by atoms with Gasteiger partial charge in [0.05, 0.1) is 19.3 Å². The zero-order valence-corrected chi connectivity index (χ0v) is 17.9. The molecule has 30 heavy (non-hydrogen) atoms. The molecule has 5 heterocycles. The standard InChI is InChI=1S/C23H28N4O2S/c28-22(26-20-14-27-11-7-16(20)8-12-27)17-3-5-18(6-4-17)30-23-19(2-1-9-25-23)21-15-29-13-10-24-21/h1-6,9,16,20-21,24H,7-8,10-15H2,(H,26,28)/t20-,21?/m0/s1. The van der Waals surface area contributed by atoms with Crippen LogP contribution < -0.4 is 10.6 Å². The molecule has 0 radical (unpaired) electrons. The van der Waals surface area contributed by atoms with Crippen LogP contribution in [0.25, 0.3) is 0 Å². The summed E-state index contributed by atoms with van der Waals surface area (Å²) < 4.78 is 5.62. The molecule has 2 atom stereocenters. The zero-order chi connectivity index (χ0) is 20.3. The van der Waals surface area contributed by atoms with Gasteiger partial charge in [0.2, 0.25) is 0 Å². The molecule has 1 aromatic carbocycles. The first-order valence-electron chi connectivity index (χ1n) is 10.8. The summed E-state index contributed by atoms with van der Waals surface area (Å²) in [6, 6.07) is 12.4. The Kier molecular flexibility index (Phi) is 6.04. The lowest BCUT2D eigenvalue weighted by molar-refractivity contribution is 0.0620. The van der Waals surface area contributed by atoms with E-state index in [0.717, 1.165) is 40.7 Å². The van der Waals surface area contributed by atoms with E-state index >= 15 is 0 Å². The highest BCUT2D eigenvalue weighted by Gasteiger charge is 2.34. The molecule has 4 fully saturated rings. The van der Waals surface area contributed by atoms with Gasteiger partial charge in [-0.2, -0.15) is 0 Å². The van der Waals surface area contributed by atoms with Crippen molar-refractivity contribution >= 4 is 17.7 Å². The van der Waals surface area contributed by atoms with Gasteiger partial charge in [0, 0.05) is 41.4 Å². The molecule has 0 saturated carbocycles. The van der Waals surface area contributed by atoms with Crippen LogP contribution in [0.15, 0.2) is 52.5 Å². The molecule has 1 amide bonds. The van der Waals surface area contributed by atoms with Crippen LogP contribution in [0.3, 0.4) is 0 Å². The van der Waals surface area contributed by atoms with Crippen LogP contribution in [0.5, 0.6) is 0 Å². The van der Waals surface area contributed by atoms with Crippen LogP contribution in [-0.4, -0.2) is 61.2 Å². The van der Waals surface area contributed by atoms with Crippen molar-refractivity contribution < 1.29 is 9.53 Å². The average Bonchev–Trinajstić information content (AvgIpc) is 2.81. The number of pyridine rings is 1. The highest BCUT2D eigenvalue weighted by atomic mass is 32.2. The van der Waals surface area contributed by atoms with Crippen LogP contribution in [0.2, 0.25) is 0 Å². The molecule has 4 saturated heterocycles. The minimum Gasteiger partial charge on any atom is -0.378 e. The van der Waals surface area contributed by atoms with E-state index in [2.05, 4.69) is 26.6 Å². The first-order chi connectivity index (χ1) is 14.8. The molecule has 4 aliphatic rings. The molecule has 7 heteroatoms. The van der Waals surface area contributed by atoms with Crippen LogP contribution in [0.4, 0.5) is 0 Å². The number of carbonyl (C=O) groups excluding carboxylic acids is 1. The predicted octanol–water partition coefficient (Wildman–Crippen LogP) is 2.72. The Bertz CT molecular complexity index is 877. The maximum absolute atomic E-state index is 12.7. The Labute approximate surface area is 181 Å². The Morgan fingerprint density at radius 1 is 1.20 bits per heavy atom. The van der Waals surface area contributed by atoms with Gasteiger partial charge in [-0.15, -0.1) is 0 Å². The van der Waals surface area contributed by atoms with Crippen molar-refractivity contribution in [3.63, 3.8) is 0 Å². The summed E-state index contributed by atoms with van der Waals surface area (Å²) in [6.07, 6.45) is 4.23. The van der Waals surface area contributed by atoms with Gasteiger partial charge in [-0.05, 0) is 62.2 Å². The van der Waals surface area contributed by atoms with Crippen molar-refractivity contribution in [1.82, 2.24) is 20.5 Å². The highest BCUT2D eigenvalue weighted by molar-refractivity contribution is 7.99. The third kappa shape index (κ3) is 4.39. The summed E-state index contributed by atoms with van der Waals surface area (Å²) in [6.45, 7) is 5.63. The number of morpholine rings is 1. The second-order valence-electron chi connectivity index (χ2n) is 8.32. The predicted molar refractivity (Wildman–Crippen MR) is 117 cm³/mol. The summed E-state index contributed by atoms with van der Waals surface area (Å²) in [7, 11) is 0. The van der Waals surface area contributed by atoms with Crippen molar-refractivity contribution in [3.05, 3.63) is 53.7 Å². The minimum absolute atomic E-state index is 0.0346. The number of carbonyl (C=O) groups is 1.